The molecule has 0 fully saturated rings. The van der Waals surface area contributed by atoms with Crippen molar-refractivity contribution in [1.29, 1.82) is 0 Å². The van der Waals surface area contributed by atoms with Crippen LogP contribution >= 0.6 is 11.3 Å². The van der Waals surface area contributed by atoms with E-state index < -0.39 is 0 Å². The molecule has 0 bridgehead atoms. The third-order valence-electron chi connectivity index (χ3n) is 2.09. The molecule has 2 rings (SSSR count). The van der Waals surface area contributed by atoms with Crippen LogP contribution < -0.4 is 0 Å². The molecule has 0 aliphatic heterocycles. The molecule has 1 aliphatic rings. The van der Waals surface area contributed by atoms with Crippen molar-refractivity contribution in [2.75, 3.05) is 0 Å². The van der Waals surface area contributed by atoms with E-state index in [-0.39, 0.29) is 0 Å². The molecule has 0 radical (unpaired) electrons. The third kappa shape index (κ3) is 2.28. The lowest BCUT2D eigenvalue weighted by atomic mass is 10.1. The molecule has 2 heteroatoms. The van der Waals surface area contributed by atoms with E-state index >= 15 is 0 Å². The van der Waals surface area contributed by atoms with Gasteiger partial charge in [0.2, 0.25) is 0 Å². The highest BCUT2D eigenvalue weighted by Crippen LogP contribution is 2.17. The summed E-state index contributed by atoms with van der Waals surface area (Å²) < 4.78 is 0. The summed E-state index contributed by atoms with van der Waals surface area (Å²) in [7, 11) is 0. The molecule has 0 unspecified atom stereocenters. The quantitative estimate of drug-likeness (QED) is 0.699. The second-order valence-electron chi connectivity index (χ2n) is 3.32. The minimum absolute atomic E-state index is 1.01. The fourth-order valence-electron chi connectivity index (χ4n) is 1.46. The second kappa shape index (κ2) is 3.88. The first-order valence-electron chi connectivity index (χ1n) is 4.61. The molecule has 0 spiro atoms. The van der Waals surface area contributed by atoms with Crippen LogP contribution in [0.25, 0.3) is 0 Å². The molecule has 13 heavy (non-hydrogen) atoms. The molecule has 0 aromatic carbocycles. The van der Waals surface area contributed by atoms with E-state index in [1.807, 2.05) is 6.92 Å². The lowest BCUT2D eigenvalue weighted by Crippen LogP contribution is -1.90. The monoisotopic (exact) mass is 191 g/mol. The molecule has 0 amide bonds. The highest BCUT2D eigenvalue weighted by molar-refractivity contribution is 7.09. The van der Waals surface area contributed by atoms with Crippen LogP contribution in [0.15, 0.2) is 29.2 Å². The van der Waals surface area contributed by atoms with Crippen LogP contribution in [-0.2, 0) is 6.42 Å². The molecule has 1 nitrogen and oxygen atoms in total. The van der Waals surface area contributed by atoms with E-state index in [2.05, 4.69) is 28.6 Å². The van der Waals surface area contributed by atoms with Crippen molar-refractivity contribution in [2.24, 2.45) is 0 Å². The van der Waals surface area contributed by atoms with E-state index in [0.717, 1.165) is 12.1 Å². The Kier molecular flexibility index (Phi) is 2.60. The van der Waals surface area contributed by atoms with Gasteiger partial charge in [0.05, 0.1) is 5.01 Å². The van der Waals surface area contributed by atoms with Crippen LogP contribution in [0.1, 0.15) is 23.5 Å². The van der Waals surface area contributed by atoms with Gasteiger partial charge in [-0.1, -0.05) is 18.2 Å². The minimum Gasteiger partial charge on any atom is -0.246 e. The van der Waals surface area contributed by atoms with Crippen LogP contribution in [0.4, 0.5) is 0 Å². The lowest BCUT2D eigenvalue weighted by Gasteiger charge is -2.03. The molecule has 1 heterocycles. The van der Waals surface area contributed by atoms with Gasteiger partial charge >= 0.3 is 0 Å². The van der Waals surface area contributed by atoms with Crippen LogP contribution in [0.2, 0.25) is 0 Å². The summed E-state index contributed by atoms with van der Waals surface area (Å²) >= 11 is 1.76. The molecule has 0 saturated heterocycles. The van der Waals surface area contributed by atoms with Gasteiger partial charge in [-0.15, -0.1) is 11.3 Å². The first-order valence-corrected chi connectivity index (χ1v) is 5.49. The van der Waals surface area contributed by atoms with Crippen LogP contribution in [-0.4, -0.2) is 4.98 Å². The van der Waals surface area contributed by atoms with Gasteiger partial charge in [0.15, 0.2) is 0 Å². The van der Waals surface area contributed by atoms with Gasteiger partial charge in [-0.05, 0) is 25.3 Å². The predicted molar refractivity (Wildman–Crippen MR) is 57.0 cm³/mol. The zero-order chi connectivity index (χ0) is 9.10. The predicted octanol–water partition coefficient (Wildman–Crippen LogP) is 3.27. The molecule has 0 N–H and O–H groups in total. The number of nitrogens with zero attached hydrogens (tertiary/aromatic N) is 1. The van der Waals surface area contributed by atoms with Crippen LogP contribution in [0, 0.1) is 6.92 Å². The number of rotatable bonds is 2. The third-order valence-corrected chi connectivity index (χ3v) is 3.06. The van der Waals surface area contributed by atoms with Gasteiger partial charge in [0.25, 0.3) is 0 Å². The van der Waals surface area contributed by atoms with Crippen LogP contribution in [0.5, 0.6) is 0 Å². The highest BCUT2D eigenvalue weighted by atomic mass is 32.1. The maximum atomic E-state index is 4.45. The SMILES string of the molecule is Cc1csc(CC2=CCCC=C2)n1. The molecule has 68 valence electrons. The van der Waals surface area contributed by atoms with Gasteiger partial charge < -0.3 is 0 Å². The smallest absolute Gasteiger partial charge is 0.0971 e. The Hall–Kier alpha value is -0.890. The number of aryl methyl sites for hydroxylation is 1. The first-order chi connectivity index (χ1) is 6.34. The van der Waals surface area contributed by atoms with Crippen LogP contribution in [0.3, 0.4) is 0 Å². The van der Waals surface area contributed by atoms with E-state index in [4.69, 9.17) is 0 Å². The summed E-state index contributed by atoms with van der Waals surface area (Å²) in [5.74, 6) is 0. The average Bonchev–Trinajstić information content (AvgIpc) is 2.53. The van der Waals surface area contributed by atoms with E-state index in [0.29, 0.717) is 0 Å². The first kappa shape index (κ1) is 8.70. The van der Waals surface area contributed by atoms with Crippen molar-refractivity contribution in [3.05, 3.63) is 39.9 Å². The van der Waals surface area contributed by atoms with Crippen molar-refractivity contribution in [2.45, 2.75) is 26.2 Å². The second-order valence-corrected chi connectivity index (χ2v) is 4.26. The maximum absolute atomic E-state index is 4.45. The number of hydrogen-bond acceptors (Lipinski definition) is 2. The fraction of sp³-hybridized carbons (Fsp3) is 0.364. The zero-order valence-electron chi connectivity index (χ0n) is 7.79. The van der Waals surface area contributed by atoms with Gasteiger partial charge in [-0.2, -0.15) is 0 Å². The largest absolute Gasteiger partial charge is 0.246 e. The topological polar surface area (TPSA) is 12.9 Å². The normalized spacial score (nSPS) is 15.9. The Bertz CT molecular complexity index is 347. The van der Waals surface area contributed by atoms with Crippen molar-refractivity contribution in [1.82, 2.24) is 4.98 Å². The van der Waals surface area contributed by atoms with E-state index in [9.17, 15) is 0 Å². The van der Waals surface area contributed by atoms with E-state index in [1.54, 1.807) is 11.3 Å². The molecular formula is C11H13NS. The molecule has 0 saturated carbocycles. The zero-order valence-corrected chi connectivity index (χ0v) is 8.60. The summed E-state index contributed by atoms with van der Waals surface area (Å²) in [6, 6.07) is 0. The number of thiazole rings is 1. The minimum atomic E-state index is 1.01. The molecule has 1 aliphatic carbocycles. The van der Waals surface area contributed by atoms with Crippen molar-refractivity contribution < 1.29 is 0 Å². The summed E-state index contributed by atoms with van der Waals surface area (Å²) in [5.41, 5.74) is 2.56. The Morgan fingerprint density at radius 2 is 2.38 bits per heavy atom. The van der Waals surface area contributed by atoms with Gasteiger partial charge in [0, 0.05) is 17.5 Å². The Balaban J connectivity index is 2.05. The molecule has 0 atom stereocenters. The average molecular weight is 191 g/mol. The Morgan fingerprint density at radius 3 is 3.00 bits per heavy atom. The molecule has 1 aromatic heterocycles. The fourth-order valence-corrected chi connectivity index (χ4v) is 2.26. The summed E-state index contributed by atoms with van der Waals surface area (Å²) in [6.07, 6.45) is 10.2. The molecular weight excluding hydrogens is 178 g/mol. The summed E-state index contributed by atoms with van der Waals surface area (Å²) in [4.78, 5) is 4.45. The van der Waals surface area contributed by atoms with Crippen molar-refractivity contribution >= 4 is 11.3 Å². The number of allylic oxidation sites excluding steroid dienone is 4. The Labute approximate surface area is 82.8 Å². The highest BCUT2D eigenvalue weighted by Gasteiger charge is 2.02. The summed E-state index contributed by atoms with van der Waals surface area (Å²) in [5, 5.41) is 3.35. The van der Waals surface area contributed by atoms with Crippen molar-refractivity contribution in [3.8, 4) is 0 Å². The molecule has 1 aromatic rings. The maximum Gasteiger partial charge on any atom is 0.0971 e. The van der Waals surface area contributed by atoms with Gasteiger partial charge in [0.1, 0.15) is 0 Å². The van der Waals surface area contributed by atoms with Gasteiger partial charge in [-0.3, -0.25) is 0 Å². The summed E-state index contributed by atoms with van der Waals surface area (Å²) in [6.45, 7) is 2.05. The lowest BCUT2D eigenvalue weighted by molar-refractivity contribution is 0.986. The number of aromatic nitrogens is 1. The number of hydrogen-bond donors (Lipinski definition) is 0. The van der Waals surface area contributed by atoms with E-state index in [1.165, 1.54) is 23.4 Å². The standard InChI is InChI=1S/C11H13NS/c1-9-8-13-11(12-9)7-10-5-3-2-4-6-10/h3,5-6,8H,2,4,7H2,1H3. The van der Waals surface area contributed by atoms with Crippen molar-refractivity contribution in [3.63, 3.8) is 0 Å². The van der Waals surface area contributed by atoms with Gasteiger partial charge in [-0.25, -0.2) is 4.98 Å². The Morgan fingerprint density at radius 1 is 1.46 bits per heavy atom.